The third-order valence-electron chi connectivity index (χ3n) is 3.81. The minimum Gasteiger partial charge on any atom is -0.318 e. The minimum absolute atomic E-state index is 0.155. The van der Waals surface area contributed by atoms with Crippen molar-refractivity contribution in [2.75, 3.05) is 0 Å². The van der Waals surface area contributed by atoms with Crippen LogP contribution in [0.1, 0.15) is 27.1 Å². The van der Waals surface area contributed by atoms with Gasteiger partial charge in [0.15, 0.2) is 0 Å². The first-order valence-corrected chi connectivity index (χ1v) is 8.01. The Kier molecular flexibility index (Phi) is 3.07. The summed E-state index contributed by atoms with van der Waals surface area (Å²) in [4.78, 5) is 6.07. The zero-order chi connectivity index (χ0) is 14.4. The van der Waals surface area contributed by atoms with Crippen LogP contribution in [0.4, 0.5) is 0 Å². The molecule has 0 fully saturated rings. The van der Waals surface area contributed by atoms with E-state index in [2.05, 4.69) is 6.07 Å². The molecule has 0 bridgehead atoms. The van der Waals surface area contributed by atoms with Crippen molar-refractivity contribution in [3.63, 3.8) is 0 Å². The number of nitrogens with two attached hydrogens (primary N) is 1. The summed E-state index contributed by atoms with van der Waals surface area (Å²) in [5.74, 6) is 0. The number of benzene rings is 2. The lowest BCUT2D eigenvalue weighted by molar-refractivity contribution is 0.859. The van der Waals surface area contributed by atoms with Crippen LogP contribution in [0.15, 0.2) is 48.5 Å². The Hall–Kier alpha value is -1.68. The Labute approximate surface area is 132 Å². The number of hydrogen-bond donors (Lipinski definition) is 1. The summed E-state index contributed by atoms with van der Waals surface area (Å²) in [6.07, 6.45) is 0.907. The van der Waals surface area contributed by atoms with Crippen LogP contribution >= 0.6 is 22.9 Å². The minimum atomic E-state index is -0.155. The maximum atomic E-state index is 6.35. The molecule has 1 aliphatic carbocycles. The van der Waals surface area contributed by atoms with Crippen molar-refractivity contribution in [1.82, 2.24) is 4.98 Å². The largest absolute Gasteiger partial charge is 0.318 e. The van der Waals surface area contributed by atoms with E-state index < -0.39 is 0 Å². The quantitative estimate of drug-likeness (QED) is 0.595. The van der Waals surface area contributed by atoms with Crippen LogP contribution in [-0.2, 0) is 6.42 Å². The van der Waals surface area contributed by atoms with Gasteiger partial charge in [0, 0.05) is 21.9 Å². The molecule has 21 heavy (non-hydrogen) atoms. The van der Waals surface area contributed by atoms with Crippen molar-refractivity contribution in [3.8, 4) is 11.3 Å². The molecule has 104 valence electrons. The number of fused-ring (bicyclic) bond motifs is 3. The van der Waals surface area contributed by atoms with E-state index >= 15 is 0 Å². The van der Waals surface area contributed by atoms with Gasteiger partial charge in [-0.05, 0) is 23.3 Å². The van der Waals surface area contributed by atoms with E-state index in [4.69, 9.17) is 22.3 Å². The fraction of sp³-hybridized carbons (Fsp3) is 0.118. The van der Waals surface area contributed by atoms with Gasteiger partial charge in [-0.1, -0.05) is 48.0 Å². The van der Waals surface area contributed by atoms with Crippen LogP contribution in [0.2, 0.25) is 5.02 Å². The second kappa shape index (κ2) is 4.95. The SMILES string of the molecule is NC(c1ccccc1)c1nc2c(s1)Cc1cc(Cl)ccc1-2. The number of hydrogen-bond acceptors (Lipinski definition) is 3. The molecule has 0 saturated carbocycles. The Morgan fingerprint density at radius 3 is 2.76 bits per heavy atom. The average Bonchev–Trinajstić information content (AvgIpc) is 3.04. The third kappa shape index (κ3) is 2.18. The summed E-state index contributed by atoms with van der Waals surface area (Å²) < 4.78 is 0. The first-order chi connectivity index (χ1) is 10.2. The molecule has 1 aliphatic rings. The van der Waals surface area contributed by atoms with E-state index in [0.717, 1.165) is 27.7 Å². The lowest BCUT2D eigenvalue weighted by Crippen LogP contribution is -2.11. The Bertz CT molecular complexity index is 811. The van der Waals surface area contributed by atoms with Crippen molar-refractivity contribution < 1.29 is 0 Å². The van der Waals surface area contributed by atoms with E-state index in [0.29, 0.717) is 0 Å². The van der Waals surface area contributed by atoms with Crippen LogP contribution in [0.25, 0.3) is 11.3 Å². The van der Waals surface area contributed by atoms with Crippen LogP contribution < -0.4 is 5.73 Å². The first kappa shape index (κ1) is 13.0. The second-order valence-corrected chi connectivity index (χ2v) is 6.74. The molecular weight excluding hydrogens is 300 g/mol. The molecule has 2 aromatic carbocycles. The first-order valence-electron chi connectivity index (χ1n) is 6.81. The van der Waals surface area contributed by atoms with Gasteiger partial charge < -0.3 is 5.73 Å². The third-order valence-corrected chi connectivity index (χ3v) is 5.19. The topological polar surface area (TPSA) is 38.9 Å². The van der Waals surface area contributed by atoms with E-state index in [-0.39, 0.29) is 6.04 Å². The van der Waals surface area contributed by atoms with E-state index in [1.165, 1.54) is 16.0 Å². The summed E-state index contributed by atoms with van der Waals surface area (Å²) >= 11 is 7.77. The number of aromatic nitrogens is 1. The van der Waals surface area contributed by atoms with Crippen LogP contribution in [-0.4, -0.2) is 4.98 Å². The van der Waals surface area contributed by atoms with Gasteiger partial charge in [-0.15, -0.1) is 11.3 Å². The van der Waals surface area contributed by atoms with Gasteiger partial charge in [-0.2, -0.15) is 0 Å². The van der Waals surface area contributed by atoms with Crippen LogP contribution in [0, 0.1) is 0 Å². The van der Waals surface area contributed by atoms with Crippen molar-refractivity contribution in [1.29, 1.82) is 0 Å². The molecule has 1 atom stereocenters. The molecule has 4 heteroatoms. The van der Waals surface area contributed by atoms with Gasteiger partial charge >= 0.3 is 0 Å². The summed E-state index contributed by atoms with van der Waals surface area (Å²) in [5, 5.41) is 1.76. The summed E-state index contributed by atoms with van der Waals surface area (Å²) in [6.45, 7) is 0. The van der Waals surface area contributed by atoms with Gasteiger partial charge in [-0.3, -0.25) is 0 Å². The molecular formula is C17H13ClN2S. The molecule has 2 nitrogen and oxygen atoms in total. The molecule has 3 aromatic rings. The molecule has 4 rings (SSSR count). The number of rotatable bonds is 2. The fourth-order valence-electron chi connectivity index (χ4n) is 2.75. The van der Waals surface area contributed by atoms with Crippen molar-refractivity contribution in [2.45, 2.75) is 12.5 Å². The maximum absolute atomic E-state index is 6.35. The average molecular weight is 313 g/mol. The summed E-state index contributed by atoms with van der Waals surface area (Å²) in [7, 11) is 0. The van der Waals surface area contributed by atoms with Gasteiger partial charge in [0.25, 0.3) is 0 Å². The molecule has 0 radical (unpaired) electrons. The van der Waals surface area contributed by atoms with Gasteiger partial charge in [0.05, 0.1) is 11.7 Å². The molecule has 1 heterocycles. The van der Waals surface area contributed by atoms with E-state index in [1.54, 1.807) is 11.3 Å². The van der Waals surface area contributed by atoms with Crippen molar-refractivity contribution in [2.24, 2.45) is 5.73 Å². The molecule has 1 unspecified atom stereocenters. The highest BCUT2D eigenvalue weighted by Gasteiger charge is 2.25. The zero-order valence-electron chi connectivity index (χ0n) is 11.2. The van der Waals surface area contributed by atoms with Crippen LogP contribution in [0.3, 0.4) is 0 Å². The molecule has 0 amide bonds. The lowest BCUT2D eigenvalue weighted by Gasteiger charge is -2.08. The van der Waals surface area contributed by atoms with Crippen molar-refractivity contribution in [3.05, 3.63) is 74.6 Å². The second-order valence-electron chi connectivity index (χ2n) is 5.19. The van der Waals surface area contributed by atoms with E-state index in [9.17, 15) is 0 Å². The van der Waals surface area contributed by atoms with Gasteiger partial charge in [-0.25, -0.2) is 4.98 Å². The van der Waals surface area contributed by atoms with Crippen molar-refractivity contribution >= 4 is 22.9 Å². The molecule has 0 saturated heterocycles. The highest BCUT2D eigenvalue weighted by molar-refractivity contribution is 7.12. The summed E-state index contributed by atoms with van der Waals surface area (Å²) in [6, 6.07) is 16.0. The molecule has 2 N–H and O–H groups in total. The normalized spacial score (nSPS) is 13.8. The molecule has 1 aromatic heterocycles. The summed E-state index contributed by atoms with van der Waals surface area (Å²) in [5.41, 5.74) is 11.0. The van der Waals surface area contributed by atoms with Gasteiger partial charge in [0.1, 0.15) is 5.01 Å². The molecule has 0 spiro atoms. The number of nitrogens with zero attached hydrogens (tertiary/aromatic N) is 1. The molecule has 0 aliphatic heterocycles. The predicted molar refractivity (Wildman–Crippen MR) is 87.8 cm³/mol. The Morgan fingerprint density at radius 2 is 1.95 bits per heavy atom. The van der Waals surface area contributed by atoms with Crippen LogP contribution in [0.5, 0.6) is 0 Å². The fourth-order valence-corrected chi connectivity index (χ4v) is 4.08. The monoisotopic (exact) mass is 312 g/mol. The smallest absolute Gasteiger partial charge is 0.115 e. The maximum Gasteiger partial charge on any atom is 0.115 e. The Morgan fingerprint density at radius 1 is 1.14 bits per heavy atom. The zero-order valence-corrected chi connectivity index (χ0v) is 12.8. The predicted octanol–water partition coefficient (Wildman–Crippen LogP) is 4.42. The Balaban J connectivity index is 1.74. The van der Waals surface area contributed by atoms with Gasteiger partial charge in [0.2, 0.25) is 0 Å². The highest BCUT2D eigenvalue weighted by Crippen LogP contribution is 2.41. The highest BCUT2D eigenvalue weighted by atomic mass is 35.5. The number of thiazole rings is 1. The lowest BCUT2D eigenvalue weighted by atomic mass is 10.1. The number of halogens is 1. The van der Waals surface area contributed by atoms with E-state index in [1.807, 2.05) is 42.5 Å². The standard InChI is InChI=1S/C17H13ClN2S/c18-12-6-7-13-11(8-12)9-14-16(13)20-17(21-14)15(19)10-4-2-1-3-5-10/h1-8,15H,9,19H2.